The van der Waals surface area contributed by atoms with E-state index in [-0.39, 0.29) is 18.3 Å². The van der Waals surface area contributed by atoms with Gasteiger partial charge in [0.25, 0.3) is 0 Å². The molecule has 0 saturated heterocycles. The lowest BCUT2D eigenvalue weighted by Crippen LogP contribution is -2.41. The van der Waals surface area contributed by atoms with Crippen molar-refractivity contribution < 1.29 is 28.5 Å². The predicted octanol–water partition coefficient (Wildman–Crippen LogP) is 4.78. The first kappa shape index (κ1) is 25.6. The van der Waals surface area contributed by atoms with Crippen LogP contribution in [0.4, 0.5) is 0 Å². The Kier molecular flexibility index (Phi) is 7.89. The molecule has 36 heavy (non-hydrogen) atoms. The third-order valence-corrected chi connectivity index (χ3v) is 6.98. The van der Waals surface area contributed by atoms with Crippen LogP contribution in [-0.2, 0) is 19.1 Å². The molecule has 1 saturated carbocycles. The minimum Gasteiger partial charge on any atom is -0.493 e. The number of aryl methyl sites for hydroxylation is 1. The zero-order valence-electron chi connectivity index (χ0n) is 21.5. The van der Waals surface area contributed by atoms with Crippen LogP contribution in [-0.4, -0.2) is 52.0 Å². The van der Waals surface area contributed by atoms with Gasteiger partial charge in [-0.1, -0.05) is 35.9 Å². The van der Waals surface area contributed by atoms with Crippen molar-refractivity contribution in [1.82, 2.24) is 0 Å². The second-order valence-corrected chi connectivity index (χ2v) is 9.29. The fraction of sp³-hybridized carbons (Fsp3) is 0.414. The van der Waals surface area contributed by atoms with Crippen molar-refractivity contribution in [2.75, 3.05) is 34.5 Å². The number of Topliss-reactive ketones (excluding diaryl/α,β-unsaturated/α-hetero) is 1. The average Bonchev–Trinajstić information content (AvgIpc) is 2.87. The Bertz CT molecular complexity index is 1210. The van der Waals surface area contributed by atoms with Crippen molar-refractivity contribution in [1.29, 1.82) is 0 Å². The molecule has 3 atom stereocenters. The van der Waals surface area contributed by atoms with E-state index < -0.39 is 17.8 Å². The standard InChI is InChI=1S/C29H33NO6/c1-17-7-6-8-20(13-17)27-26(29(32)36-12-11-33-3)18(2)30-22-14-21(15-23(31)28(22)27)19-9-10-24(34-4)25(16-19)35-5/h6-10,13,16,21,27-28H,11-12,14-15H2,1-5H3/t21-,27-,28?/m0/s1. The SMILES string of the molecule is COCCOC(=O)C1=C(C)N=C2C[C@H](c3ccc(OC)c(OC)c3)CC(=O)C2[C@H]1c1cccc(C)c1. The number of carbonyl (C=O) groups excluding carboxylic acids is 2. The number of rotatable bonds is 8. The maximum atomic E-state index is 13.8. The van der Waals surface area contributed by atoms with Gasteiger partial charge in [-0.2, -0.15) is 0 Å². The average molecular weight is 492 g/mol. The zero-order valence-corrected chi connectivity index (χ0v) is 21.5. The van der Waals surface area contributed by atoms with Crippen molar-refractivity contribution in [2.45, 2.75) is 38.5 Å². The maximum Gasteiger partial charge on any atom is 0.336 e. The van der Waals surface area contributed by atoms with Crippen molar-refractivity contribution in [2.24, 2.45) is 10.9 Å². The zero-order chi connectivity index (χ0) is 25.8. The van der Waals surface area contributed by atoms with Crippen LogP contribution in [0, 0.1) is 12.8 Å². The number of fused-ring (bicyclic) bond motifs is 1. The van der Waals surface area contributed by atoms with Crippen LogP contribution < -0.4 is 9.47 Å². The molecule has 2 aromatic rings. The Hall–Kier alpha value is -3.45. The first-order chi connectivity index (χ1) is 17.4. The molecule has 1 heterocycles. The molecule has 1 fully saturated rings. The summed E-state index contributed by atoms with van der Waals surface area (Å²) in [7, 11) is 4.75. The highest BCUT2D eigenvalue weighted by Gasteiger charge is 2.46. The van der Waals surface area contributed by atoms with Gasteiger partial charge in [0.05, 0.1) is 32.3 Å². The van der Waals surface area contributed by atoms with Crippen LogP contribution in [0.25, 0.3) is 0 Å². The van der Waals surface area contributed by atoms with E-state index in [1.165, 1.54) is 0 Å². The molecule has 7 nitrogen and oxygen atoms in total. The molecule has 190 valence electrons. The van der Waals surface area contributed by atoms with E-state index >= 15 is 0 Å². The first-order valence-corrected chi connectivity index (χ1v) is 12.1. The normalized spacial score (nSPS) is 21.5. The van der Waals surface area contributed by atoms with Crippen LogP contribution in [0.5, 0.6) is 11.5 Å². The Morgan fingerprint density at radius 1 is 0.917 bits per heavy atom. The number of ketones is 1. The van der Waals surface area contributed by atoms with Crippen LogP contribution in [0.1, 0.15) is 48.3 Å². The Morgan fingerprint density at radius 3 is 2.39 bits per heavy atom. The number of allylic oxidation sites excluding steroid dienone is 1. The molecule has 2 aromatic carbocycles. The molecule has 2 aliphatic rings. The summed E-state index contributed by atoms with van der Waals surface area (Å²) in [6.45, 7) is 4.27. The van der Waals surface area contributed by atoms with E-state index in [1.54, 1.807) is 21.3 Å². The lowest BCUT2D eigenvalue weighted by Gasteiger charge is -2.38. The smallest absolute Gasteiger partial charge is 0.336 e. The minimum absolute atomic E-state index is 0.0338. The van der Waals surface area contributed by atoms with Gasteiger partial charge in [0.2, 0.25) is 0 Å². The summed E-state index contributed by atoms with van der Waals surface area (Å²) in [5.74, 6) is -0.0811. The molecule has 0 bridgehead atoms. The lowest BCUT2D eigenvalue weighted by molar-refractivity contribution is -0.140. The summed E-state index contributed by atoms with van der Waals surface area (Å²) >= 11 is 0. The van der Waals surface area contributed by atoms with Gasteiger partial charge in [-0.15, -0.1) is 0 Å². The van der Waals surface area contributed by atoms with Crippen LogP contribution in [0.3, 0.4) is 0 Å². The lowest BCUT2D eigenvalue weighted by atomic mass is 9.66. The number of methoxy groups -OCH3 is 3. The topological polar surface area (TPSA) is 83.4 Å². The van der Waals surface area contributed by atoms with E-state index in [0.29, 0.717) is 42.2 Å². The summed E-state index contributed by atoms with van der Waals surface area (Å²) in [4.78, 5) is 31.8. The molecule has 0 amide bonds. The van der Waals surface area contributed by atoms with E-state index in [0.717, 1.165) is 22.4 Å². The van der Waals surface area contributed by atoms with Gasteiger partial charge >= 0.3 is 5.97 Å². The number of nitrogens with zero attached hydrogens (tertiary/aromatic N) is 1. The second kappa shape index (κ2) is 11.1. The van der Waals surface area contributed by atoms with Crippen LogP contribution in [0.15, 0.2) is 58.7 Å². The van der Waals surface area contributed by atoms with Crippen LogP contribution in [0.2, 0.25) is 0 Å². The van der Waals surface area contributed by atoms with E-state index in [4.69, 9.17) is 23.9 Å². The van der Waals surface area contributed by atoms with Gasteiger partial charge in [0, 0.05) is 30.9 Å². The van der Waals surface area contributed by atoms with Crippen molar-refractivity contribution in [3.8, 4) is 11.5 Å². The second-order valence-electron chi connectivity index (χ2n) is 9.29. The van der Waals surface area contributed by atoms with Gasteiger partial charge < -0.3 is 18.9 Å². The van der Waals surface area contributed by atoms with E-state index in [9.17, 15) is 9.59 Å². The molecular formula is C29H33NO6. The number of benzene rings is 2. The number of aliphatic imine (C=N–C) groups is 1. The summed E-state index contributed by atoms with van der Waals surface area (Å²) < 4.78 is 21.4. The number of carbonyl (C=O) groups is 2. The quantitative estimate of drug-likeness (QED) is 0.391. The molecule has 1 unspecified atom stereocenters. The monoisotopic (exact) mass is 491 g/mol. The van der Waals surface area contributed by atoms with Gasteiger partial charge in [-0.25, -0.2) is 4.79 Å². The highest BCUT2D eigenvalue weighted by molar-refractivity contribution is 6.12. The van der Waals surface area contributed by atoms with Crippen LogP contribution >= 0.6 is 0 Å². The van der Waals surface area contributed by atoms with Gasteiger partial charge in [-0.3, -0.25) is 9.79 Å². The van der Waals surface area contributed by atoms with Crippen molar-refractivity contribution in [3.63, 3.8) is 0 Å². The summed E-state index contributed by atoms with van der Waals surface area (Å²) in [5.41, 5.74) is 4.83. The summed E-state index contributed by atoms with van der Waals surface area (Å²) in [6.07, 6.45) is 0.976. The maximum absolute atomic E-state index is 13.8. The summed E-state index contributed by atoms with van der Waals surface area (Å²) in [6, 6.07) is 13.7. The molecule has 7 heteroatoms. The fourth-order valence-electron chi connectivity index (χ4n) is 5.30. The number of hydrogen-bond donors (Lipinski definition) is 0. The highest BCUT2D eigenvalue weighted by Crippen LogP contribution is 2.46. The molecule has 1 aliphatic heterocycles. The Morgan fingerprint density at radius 2 is 1.69 bits per heavy atom. The highest BCUT2D eigenvalue weighted by atomic mass is 16.6. The largest absolute Gasteiger partial charge is 0.493 e. The van der Waals surface area contributed by atoms with Gasteiger partial charge in [0.15, 0.2) is 11.5 Å². The first-order valence-electron chi connectivity index (χ1n) is 12.1. The minimum atomic E-state index is -0.503. The molecule has 4 rings (SSSR count). The van der Waals surface area contributed by atoms with Gasteiger partial charge in [-0.05, 0) is 49.4 Å². The molecule has 0 radical (unpaired) electrons. The number of hydrogen-bond acceptors (Lipinski definition) is 7. The van der Waals surface area contributed by atoms with Crippen molar-refractivity contribution in [3.05, 3.63) is 70.4 Å². The number of esters is 1. The molecule has 0 N–H and O–H groups in total. The number of ether oxygens (including phenoxy) is 4. The third kappa shape index (κ3) is 5.07. The molecule has 0 aromatic heterocycles. The van der Waals surface area contributed by atoms with Gasteiger partial charge in [0.1, 0.15) is 12.4 Å². The Labute approximate surface area is 212 Å². The predicted molar refractivity (Wildman–Crippen MR) is 137 cm³/mol. The molecular weight excluding hydrogens is 458 g/mol. The summed E-state index contributed by atoms with van der Waals surface area (Å²) in [5, 5.41) is 0. The molecule has 0 spiro atoms. The van der Waals surface area contributed by atoms with E-state index in [1.807, 2.05) is 56.3 Å². The van der Waals surface area contributed by atoms with Crippen molar-refractivity contribution >= 4 is 17.5 Å². The fourth-order valence-corrected chi connectivity index (χ4v) is 5.30. The molecule has 1 aliphatic carbocycles. The Balaban J connectivity index is 1.74. The van der Waals surface area contributed by atoms with E-state index in [2.05, 4.69) is 0 Å². The third-order valence-electron chi connectivity index (χ3n) is 6.98.